The molecule has 3 rings (SSSR count). The van der Waals surface area contributed by atoms with Crippen LogP contribution >= 0.6 is 0 Å². The highest BCUT2D eigenvalue weighted by atomic mass is 16.5. The summed E-state index contributed by atoms with van der Waals surface area (Å²) in [6, 6.07) is 11.1. The highest BCUT2D eigenvalue weighted by molar-refractivity contribution is 6.12. The van der Waals surface area contributed by atoms with Gasteiger partial charge in [0.15, 0.2) is 0 Å². The third kappa shape index (κ3) is 3.04. The van der Waals surface area contributed by atoms with Crippen molar-refractivity contribution in [1.82, 2.24) is 9.55 Å². The minimum Gasteiger partial charge on any atom is -0.494 e. The summed E-state index contributed by atoms with van der Waals surface area (Å²) in [7, 11) is 0. The molecular formula is C18H19N3O2. The van der Waals surface area contributed by atoms with E-state index in [0.717, 1.165) is 29.0 Å². The number of fused-ring (bicyclic) bond motifs is 1. The summed E-state index contributed by atoms with van der Waals surface area (Å²) in [6.07, 6.45) is 3.59. The number of nitrogens with one attached hydrogen (secondary N) is 1. The summed E-state index contributed by atoms with van der Waals surface area (Å²) in [6.45, 7) is 5.36. The number of amides is 1. The molecule has 0 aliphatic rings. The first-order valence-electron chi connectivity index (χ1n) is 7.71. The summed E-state index contributed by atoms with van der Waals surface area (Å²) in [4.78, 5) is 16.9. The maximum atomic E-state index is 12.6. The van der Waals surface area contributed by atoms with Crippen LogP contribution in [0.25, 0.3) is 11.0 Å². The van der Waals surface area contributed by atoms with Crippen LogP contribution in [0.4, 0.5) is 5.69 Å². The SMILES string of the molecule is CCOc1ccc(NC(=O)c2cn(CC)c3ncccc23)cc1. The van der Waals surface area contributed by atoms with Gasteiger partial charge in [0.25, 0.3) is 5.91 Å². The average molecular weight is 309 g/mol. The zero-order valence-electron chi connectivity index (χ0n) is 13.2. The van der Waals surface area contributed by atoms with Gasteiger partial charge in [-0.25, -0.2) is 4.98 Å². The smallest absolute Gasteiger partial charge is 0.257 e. The van der Waals surface area contributed by atoms with Gasteiger partial charge in [-0.05, 0) is 50.2 Å². The Hall–Kier alpha value is -2.82. The van der Waals surface area contributed by atoms with Crippen molar-refractivity contribution in [3.8, 4) is 5.75 Å². The Bertz CT molecular complexity index is 822. The van der Waals surface area contributed by atoms with Crippen LogP contribution in [0.1, 0.15) is 24.2 Å². The lowest BCUT2D eigenvalue weighted by atomic mass is 10.2. The van der Waals surface area contributed by atoms with Gasteiger partial charge in [-0.2, -0.15) is 0 Å². The maximum Gasteiger partial charge on any atom is 0.257 e. The van der Waals surface area contributed by atoms with E-state index in [9.17, 15) is 4.79 Å². The van der Waals surface area contributed by atoms with Gasteiger partial charge in [-0.15, -0.1) is 0 Å². The lowest BCUT2D eigenvalue weighted by Gasteiger charge is -2.06. The molecule has 2 aromatic heterocycles. The Labute approximate surface area is 134 Å². The second-order valence-electron chi connectivity index (χ2n) is 5.11. The van der Waals surface area contributed by atoms with E-state index < -0.39 is 0 Å². The molecule has 0 saturated heterocycles. The van der Waals surface area contributed by atoms with E-state index in [1.54, 1.807) is 6.20 Å². The van der Waals surface area contributed by atoms with Gasteiger partial charge in [0.05, 0.1) is 12.2 Å². The third-order valence-electron chi connectivity index (χ3n) is 3.64. The van der Waals surface area contributed by atoms with Crippen LogP contribution in [0.5, 0.6) is 5.75 Å². The van der Waals surface area contributed by atoms with Crippen molar-refractivity contribution in [3.63, 3.8) is 0 Å². The van der Waals surface area contributed by atoms with Gasteiger partial charge >= 0.3 is 0 Å². The van der Waals surface area contributed by atoms with Crippen LogP contribution < -0.4 is 10.1 Å². The fraction of sp³-hybridized carbons (Fsp3) is 0.222. The van der Waals surface area contributed by atoms with Crippen molar-refractivity contribution in [1.29, 1.82) is 0 Å². The van der Waals surface area contributed by atoms with E-state index in [4.69, 9.17) is 4.74 Å². The first-order valence-corrected chi connectivity index (χ1v) is 7.71. The van der Waals surface area contributed by atoms with Crippen LogP contribution in [0, 0.1) is 0 Å². The molecular weight excluding hydrogens is 290 g/mol. The van der Waals surface area contributed by atoms with Crippen molar-refractivity contribution < 1.29 is 9.53 Å². The van der Waals surface area contributed by atoms with Crippen LogP contribution in [0.3, 0.4) is 0 Å². The van der Waals surface area contributed by atoms with Gasteiger partial charge in [-0.1, -0.05) is 0 Å². The Morgan fingerprint density at radius 3 is 2.70 bits per heavy atom. The number of hydrogen-bond acceptors (Lipinski definition) is 3. The number of rotatable bonds is 5. The van der Waals surface area contributed by atoms with E-state index in [1.165, 1.54) is 0 Å². The first kappa shape index (κ1) is 15.1. The lowest BCUT2D eigenvalue weighted by Crippen LogP contribution is -2.11. The largest absolute Gasteiger partial charge is 0.494 e. The van der Waals surface area contributed by atoms with Gasteiger partial charge in [0.1, 0.15) is 11.4 Å². The minimum absolute atomic E-state index is 0.139. The second kappa shape index (κ2) is 6.52. The molecule has 5 nitrogen and oxygen atoms in total. The van der Waals surface area contributed by atoms with E-state index in [-0.39, 0.29) is 5.91 Å². The molecule has 0 radical (unpaired) electrons. The maximum absolute atomic E-state index is 12.6. The van der Waals surface area contributed by atoms with E-state index in [1.807, 2.05) is 61.0 Å². The Morgan fingerprint density at radius 1 is 1.22 bits per heavy atom. The van der Waals surface area contributed by atoms with Crippen molar-refractivity contribution in [3.05, 3.63) is 54.4 Å². The molecule has 5 heteroatoms. The first-order chi connectivity index (χ1) is 11.2. The van der Waals surface area contributed by atoms with Crippen molar-refractivity contribution in [2.24, 2.45) is 0 Å². The van der Waals surface area contributed by atoms with Crippen LogP contribution in [0.2, 0.25) is 0 Å². The molecule has 1 aromatic carbocycles. The molecule has 0 unspecified atom stereocenters. The number of nitrogens with zero attached hydrogens (tertiary/aromatic N) is 2. The molecule has 0 bridgehead atoms. The second-order valence-corrected chi connectivity index (χ2v) is 5.11. The predicted molar refractivity (Wildman–Crippen MR) is 91.0 cm³/mol. The lowest BCUT2D eigenvalue weighted by molar-refractivity contribution is 0.102. The van der Waals surface area contributed by atoms with Crippen molar-refractivity contribution in [2.45, 2.75) is 20.4 Å². The van der Waals surface area contributed by atoms with Gasteiger partial charge in [-0.3, -0.25) is 4.79 Å². The molecule has 0 fully saturated rings. The Kier molecular flexibility index (Phi) is 4.28. The van der Waals surface area contributed by atoms with Crippen molar-refractivity contribution >= 4 is 22.6 Å². The van der Waals surface area contributed by atoms with Crippen LogP contribution in [-0.2, 0) is 6.54 Å². The Morgan fingerprint density at radius 2 is 2.00 bits per heavy atom. The number of carbonyl (C=O) groups is 1. The van der Waals surface area contributed by atoms with Gasteiger partial charge in [0, 0.05) is 30.0 Å². The zero-order valence-corrected chi connectivity index (χ0v) is 13.2. The minimum atomic E-state index is -0.139. The van der Waals surface area contributed by atoms with E-state index >= 15 is 0 Å². The molecule has 0 saturated carbocycles. The third-order valence-corrected chi connectivity index (χ3v) is 3.64. The summed E-state index contributed by atoms with van der Waals surface area (Å²) in [5, 5.41) is 3.78. The summed E-state index contributed by atoms with van der Waals surface area (Å²) >= 11 is 0. The fourth-order valence-corrected chi connectivity index (χ4v) is 2.54. The predicted octanol–water partition coefficient (Wildman–Crippen LogP) is 3.71. The number of hydrogen-bond donors (Lipinski definition) is 1. The van der Waals surface area contributed by atoms with Crippen LogP contribution in [-0.4, -0.2) is 22.1 Å². The molecule has 3 aromatic rings. The molecule has 0 spiro atoms. The number of anilines is 1. The van der Waals surface area contributed by atoms with Gasteiger partial charge < -0.3 is 14.6 Å². The van der Waals surface area contributed by atoms with Gasteiger partial charge in [0.2, 0.25) is 0 Å². The van der Waals surface area contributed by atoms with Crippen LogP contribution in [0.15, 0.2) is 48.8 Å². The number of aromatic nitrogens is 2. The number of carbonyl (C=O) groups excluding carboxylic acids is 1. The quantitative estimate of drug-likeness (QED) is 0.781. The highest BCUT2D eigenvalue weighted by Gasteiger charge is 2.15. The number of aryl methyl sites for hydroxylation is 1. The summed E-state index contributed by atoms with van der Waals surface area (Å²) < 4.78 is 7.38. The summed E-state index contributed by atoms with van der Waals surface area (Å²) in [5.74, 6) is 0.650. The number of pyridine rings is 1. The molecule has 2 heterocycles. The standard InChI is InChI=1S/C18H19N3O2/c1-3-21-12-16(15-6-5-11-19-17(15)21)18(22)20-13-7-9-14(10-8-13)23-4-2/h5-12H,3-4H2,1-2H3,(H,20,22). The summed E-state index contributed by atoms with van der Waals surface area (Å²) in [5.41, 5.74) is 2.19. The topological polar surface area (TPSA) is 56.1 Å². The number of ether oxygens (including phenoxy) is 1. The van der Waals surface area contributed by atoms with Crippen molar-refractivity contribution in [2.75, 3.05) is 11.9 Å². The highest BCUT2D eigenvalue weighted by Crippen LogP contribution is 2.21. The molecule has 1 N–H and O–H groups in total. The monoisotopic (exact) mass is 309 g/mol. The molecule has 0 aliphatic heterocycles. The average Bonchev–Trinajstić information content (AvgIpc) is 2.96. The molecule has 0 aliphatic carbocycles. The van der Waals surface area contributed by atoms with E-state index in [0.29, 0.717) is 12.2 Å². The molecule has 118 valence electrons. The molecule has 23 heavy (non-hydrogen) atoms. The normalized spacial score (nSPS) is 10.7. The zero-order chi connectivity index (χ0) is 16.2. The molecule has 0 atom stereocenters. The number of benzene rings is 1. The Balaban J connectivity index is 1.86. The fourth-order valence-electron chi connectivity index (χ4n) is 2.54. The van der Waals surface area contributed by atoms with E-state index in [2.05, 4.69) is 10.3 Å². The molecule has 1 amide bonds.